The number of carbonyl (C=O) groups is 1. The van der Waals surface area contributed by atoms with Gasteiger partial charge in [-0.3, -0.25) is 9.69 Å². The highest BCUT2D eigenvalue weighted by atomic mass is 16.2. The fraction of sp³-hybridized carbons (Fsp3) is 0.917. The Bertz CT molecular complexity index is 232. The monoisotopic (exact) mass is 227 g/mol. The smallest absolute Gasteiger partial charge is 0.237 e. The van der Waals surface area contributed by atoms with Crippen molar-refractivity contribution in [3.05, 3.63) is 0 Å². The van der Waals surface area contributed by atoms with Crippen LogP contribution in [0.1, 0.15) is 40.0 Å². The minimum absolute atomic E-state index is 0.0552. The molecule has 1 aliphatic heterocycles. The lowest BCUT2D eigenvalue weighted by Crippen LogP contribution is -2.53. The quantitative estimate of drug-likeness (QED) is 0.744. The number of piperidine rings is 1. The Labute approximate surface area is 98.6 Å². The third-order valence-electron chi connectivity index (χ3n) is 3.42. The lowest BCUT2D eigenvalue weighted by atomic mass is 10.0. The Kier molecular flexibility index (Phi) is 5.22. The number of likely N-dealkylation sites (tertiary alicyclic amines) is 1. The van der Waals surface area contributed by atoms with E-state index in [9.17, 15) is 4.79 Å². The van der Waals surface area contributed by atoms with Crippen LogP contribution < -0.4 is 11.1 Å². The molecule has 0 aliphatic carbocycles. The summed E-state index contributed by atoms with van der Waals surface area (Å²) in [5.41, 5.74) is 5.92. The SMILES string of the molecule is CCC(C)NC(=O)C(C)N1CCC[C@@H](N)C1. The van der Waals surface area contributed by atoms with E-state index in [1.165, 1.54) is 0 Å². The summed E-state index contributed by atoms with van der Waals surface area (Å²) in [6.45, 7) is 7.91. The molecule has 1 heterocycles. The van der Waals surface area contributed by atoms with Gasteiger partial charge in [0.05, 0.1) is 6.04 Å². The highest BCUT2D eigenvalue weighted by Crippen LogP contribution is 2.11. The van der Waals surface area contributed by atoms with Crippen molar-refractivity contribution < 1.29 is 4.79 Å². The second kappa shape index (κ2) is 6.21. The van der Waals surface area contributed by atoms with E-state index < -0.39 is 0 Å². The molecule has 1 aliphatic rings. The van der Waals surface area contributed by atoms with E-state index in [1.807, 2.05) is 13.8 Å². The van der Waals surface area contributed by atoms with Crippen LogP contribution in [0.5, 0.6) is 0 Å². The maximum Gasteiger partial charge on any atom is 0.237 e. The molecule has 1 amide bonds. The van der Waals surface area contributed by atoms with Crippen LogP contribution in [-0.4, -0.2) is 42.0 Å². The third-order valence-corrected chi connectivity index (χ3v) is 3.42. The first-order valence-corrected chi connectivity index (χ1v) is 6.34. The molecule has 0 saturated carbocycles. The summed E-state index contributed by atoms with van der Waals surface area (Å²) < 4.78 is 0. The minimum atomic E-state index is -0.0552. The van der Waals surface area contributed by atoms with Crippen molar-refractivity contribution in [2.24, 2.45) is 5.73 Å². The van der Waals surface area contributed by atoms with Crippen LogP contribution in [0, 0.1) is 0 Å². The first kappa shape index (κ1) is 13.5. The van der Waals surface area contributed by atoms with E-state index in [4.69, 9.17) is 5.73 Å². The molecule has 0 bridgehead atoms. The fourth-order valence-corrected chi connectivity index (χ4v) is 2.02. The van der Waals surface area contributed by atoms with E-state index in [0.717, 1.165) is 32.4 Å². The van der Waals surface area contributed by atoms with Crippen LogP contribution in [0.25, 0.3) is 0 Å². The van der Waals surface area contributed by atoms with Crippen molar-refractivity contribution in [1.29, 1.82) is 0 Å². The molecule has 0 aromatic heterocycles. The summed E-state index contributed by atoms with van der Waals surface area (Å²) >= 11 is 0. The molecule has 4 heteroatoms. The molecule has 94 valence electrons. The zero-order valence-electron chi connectivity index (χ0n) is 10.7. The zero-order chi connectivity index (χ0) is 12.1. The summed E-state index contributed by atoms with van der Waals surface area (Å²) in [4.78, 5) is 14.1. The first-order chi connectivity index (χ1) is 7.54. The molecule has 16 heavy (non-hydrogen) atoms. The topological polar surface area (TPSA) is 58.4 Å². The molecule has 1 saturated heterocycles. The number of rotatable bonds is 4. The maximum absolute atomic E-state index is 11.9. The lowest BCUT2D eigenvalue weighted by Gasteiger charge is -2.35. The number of carbonyl (C=O) groups excluding carboxylic acids is 1. The van der Waals surface area contributed by atoms with Gasteiger partial charge in [-0.15, -0.1) is 0 Å². The van der Waals surface area contributed by atoms with Crippen LogP contribution in [-0.2, 0) is 4.79 Å². The summed E-state index contributed by atoms with van der Waals surface area (Å²) in [7, 11) is 0. The molecule has 3 N–H and O–H groups in total. The molecule has 0 radical (unpaired) electrons. The Hall–Kier alpha value is -0.610. The van der Waals surface area contributed by atoms with Crippen molar-refractivity contribution >= 4 is 5.91 Å². The average Bonchev–Trinajstić information content (AvgIpc) is 2.27. The van der Waals surface area contributed by atoms with E-state index in [0.29, 0.717) is 0 Å². The Morgan fingerprint density at radius 3 is 2.81 bits per heavy atom. The van der Waals surface area contributed by atoms with Gasteiger partial charge in [0.1, 0.15) is 0 Å². The van der Waals surface area contributed by atoms with Crippen molar-refractivity contribution in [3.63, 3.8) is 0 Å². The third kappa shape index (κ3) is 3.76. The maximum atomic E-state index is 11.9. The highest BCUT2D eigenvalue weighted by molar-refractivity contribution is 5.81. The predicted molar refractivity (Wildman–Crippen MR) is 66.1 cm³/mol. The summed E-state index contributed by atoms with van der Waals surface area (Å²) in [5.74, 6) is 0.128. The molecule has 0 spiro atoms. The highest BCUT2D eigenvalue weighted by Gasteiger charge is 2.26. The zero-order valence-corrected chi connectivity index (χ0v) is 10.7. The second-order valence-electron chi connectivity index (χ2n) is 4.89. The largest absolute Gasteiger partial charge is 0.352 e. The molecule has 2 unspecified atom stereocenters. The normalized spacial score (nSPS) is 26.1. The molecular formula is C12H25N3O. The molecule has 0 aromatic carbocycles. The van der Waals surface area contributed by atoms with Gasteiger partial charge in [0.15, 0.2) is 0 Å². The number of amides is 1. The van der Waals surface area contributed by atoms with Crippen molar-refractivity contribution in [1.82, 2.24) is 10.2 Å². The molecule has 3 atom stereocenters. The average molecular weight is 227 g/mol. The lowest BCUT2D eigenvalue weighted by molar-refractivity contribution is -0.126. The van der Waals surface area contributed by atoms with Gasteiger partial charge < -0.3 is 11.1 Å². The van der Waals surface area contributed by atoms with Gasteiger partial charge in [0.25, 0.3) is 0 Å². The van der Waals surface area contributed by atoms with Crippen molar-refractivity contribution in [2.45, 2.75) is 58.2 Å². The first-order valence-electron chi connectivity index (χ1n) is 6.34. The van der Waals surface area contributed by atoms with Gasteiger partial charge in [-0.05, 0) is 39.7 Å². The van der Waals surface area contributed by atoms with Gasteiger partial charge in [-0.2, -0.15) is 0 Å². The van der Waals surface area contributed by atoms with E-state index in [1.54, 1.807) is 0 Å². The molecule has 0 aromatic rings. The Morgan fingerprint density at radius 2 is 2.25 bits per heavy atom. The minimum Gasteiger partial charge on any atom is -0.352 e. The van der Waals surface area contributed by atoms with E-state index in [2.05, 4.69) is 17.1 Å². The number of nitrogens with one attached hydrogen (secondary N) is 1. The van der Waals surface area contributed by atoms with Crippen LogP contribution >= 0.6 is 0 Å². The molecule has 4 nitrogen and oxygen atoms in total. The Balaban J connectivity index is 2.43. The van der Waals surface area contributed by atoms with E-state index in [-0.39, 0.29) is 24.0 Å². The van der Waals surface area contributed by atoms with Crippen molar-refractivity contribution in [2.75, 3.05) is 13.1 Å². The van der Waals surface area contributed by atoms with Gasteiger partial charge in [-0.1, -0.05) is 6.92 Å². The number of nitrogens with zero attached hydrogens (tertiary/aromatic N) is 1. The molecular weight excluding hydrogens is 202 g/mol. The predicted octanol–water partition coefficient (Wildman–Crippen LogP) is 0.713. The van der Waals surface area contributed by atoms with Gasteiger partial charge in [-0.25, -0.2) is 0 Å². The molecule has 1 rings (SSSR count). The van der Waals surface area contributed by atoms with Gasteiger partial charge >= 0.3 is 0 Å². The van der Waals surface area contributed by atoms with Gasteiger partial charge in [0.2, 0.25) is 5.91 Å². The van der Waals surface area contributed by atoms with Crippen LogP contribution in [0.3, 0.4) is 0 Å². The van der Waals surface area contributed by atoms with Crippen molar-refractivity contribution in [3.8, 4) is 0 Å². The summed E-state index contributed by atoms with van der Waals surface area (Å²) in [6.07, 6.45) is 3.15. The standard InChI is InChI=1S/C12H25N3O/c1-4-9(2)14-12(16)10(3)15-7-5-6-11(13)8-15/h9-11H,4-8,13H2,1-3H3,(H,14,16)/t9?,10?,11-/m1/s1. The second-order valence-corrected chi connectivity index (χ2v) is 4.89. The van der Waals surface area contributed by atoms with Crippen LogP contribution in [0.2, 0.25) is 0 Å². The van der Waals surface area contributed by atoms with E-state index >= 15 is 0 Å². The fourth-order valence-electron chi connectivity index (χ4n) is 2.02. The number of nitrogens with two attached hydrogens (primary N) is 1. The Morgan fingerprint density at radius 1 is 1.56 bits per heavy atom. The number of hydrogen-bond donors (Lipinski definition) is 2. The summed E-state index contributed by atoms with van der Waals surface area (Å²) in [6, 6.07) is 0.432. The number of hydrogen-bond acceptors (Lipinski definition) is 3. The van der Waals surface area contributed by atoms with Gasteiger partial charge in [0, 0.05) is 18.6 Å². The molecule has 1 fully saturated rings. The van der Waals surface area contributed by atoms with Crippen LogP contribution in [0.15, 0.2) is 0 Å². The van der Waals surface area contributed by atoms with Crippen LogP contribution in [0.4, 0.5) is 0 Å². The summed E-state index contributed by atoms with van der Waals surface area (Å²) in [5, 5.41) is 3.02.